The Labute approximate surface area is 237 Å². The van der Waals surface area contributed by atoms with E-state index in [9.17, 15) is 24.3 Å². The van der Waals surface area contributed by atoms with Gasteiger partial charge in [-0.05, 0) is 42.0 Å². The van der Waals surface area contributed by atoms with Gasteiger partial charge in [-0.3, -0.25) is 14.4 Å². The predicted octanol–water partition coefficient (Wildman–Crippen LogP) is 0.987. The van der Waals surface area contributed by atoms with Gasteiger partial charge in [0.05, 0.1) is 20.3 Å². The average Bonchev–Trinajstić information content (AvgIpc) is 2.97. The number of alkyl carbamates (subject to hydrolysis) is 1. The Hall–Kier alpha value is -4.84. The lowest BCUT2D eigenvalue weighted by molar-refractivity contribution is -0.125. The minimum absolute atomic E-state index is 0.0813. The fourth-order valence-electron chi connectivity index (χ4n) is 4.14. The van der Waals surface area contributed by atoms with Crippen molar-refractivity contribution in [2.45, 2.75) is 37.1 Å². The van der Waals surface area contributed by atoms with Crippen LogP contribution in [0.25, 0.3) is 0 Å². The van der Waals surface area contributed by atoms with Gasteiger partial charge in [-0.1, -0.05) is 24.3 Å². The zero-order chi connectivity index (χ0) is 29.9. The minimum atomic E-state index is -1.38. The number of carbonyl (C=O) groups excluding carboxylic acids is 4. The first-order valence-corrected chi connectivity index (χ1v) is 12.8. The van der Waals surface area contributed by atoms with Crippen molar-refractivity contribution in [2.24, 2.45) is 5.73 Å². The second-order valence-corrected chi connectivity index (χ2v) is 9.21. The Morgan fingerprint density at radius 2 is 1.63 bits per heavy atom. The molecule has 0 fully saturated rings. The van der Waals surface area contributed by atoms with E-state index in [1.54, 1.807) is 36.4 Å². The highest BCUT2D eigenvalue weighted by atomic mass is 16.6. The Kier molecular flexibility index (Phi) is 10.9. The molecular formula is C29H34N4O8. The molecule has 0 aliphatic heterocycles. The van der Waals surface area contributed by atoms with Crippen LogP contribution in [0.2, 0.25) is 0 Å². The third kappa shape index (κ3) is 8.57. The van der Waals surface area contributed by atoms with Crippen LogP contribution in [0, 0.1) is 0 Å². The van der Waals surface area contributed by atoms with Crippen LogP contribution in [-0.2, 0) is 20.7 Å². The van der Waals surface area contributed by atoms with E-state index in [0.29, 0.717) is 11.5 Å². The number of nitrogens with two attached hydrogens (primary N) is 1. The van der Waals surface area contributed by atoms with E-state index in [1.807, 2.05) is 0 Å². The number of hydrogen-bond acceptors (Lipinski definition) is 8. The molecule has 0 spiro atoms. The maximum absolute atomic E-state index is 13.3. The molecule has 4 atom stereocenters. The highest BCUT2D eigenvalue weighted by Gasteiger charge is 2.38. The molecule has 0 saturated heterocycles. The summed E-state index contributed by atoms with van der Waals surface area (Å²) in [6.45, 7) is 3.63. The van der Waals surface area contributed by atoms with Crippen LogP contribution in [-0.4, -0.2) is 74.0 Å². The molecule has 12 heteroatoms. The molecule has 218 valence electrons. The van der Waals surface area contributed by atoms with Crippen molar-refractivity contribution in [3.63, 3.8) is 0 Å². The second kappa shape index (κ2) is 14.5. The number of carbonyl (C=O) groups is 4. The summed E-state index contributed by atoms with van der Waals surface area (Å²) in [5.74, 6) is -0.787. The van der Waals surface area contributed by atoms with Crippen molar-refractivity contribution < 1.29 is 38.5 Å². The maximum atomic E-state index is 13.3. The van der Waals surface area contributed by atoms with Crippen molar-refractivity contribution in [3.05, 3.63) is 84.0 Å². The van der Waals surface area contributed by atoms with Gasteiger partial charge in [0.1, 0.15) is 29.7 Å². The van der Waals surface area contributed by atoms with Crippen LogP contribution in [0.1, 0.15) is 22.3 Å². The number of hydrogen-bond donors (Lipinski definition) is 5. The highest BCUT2D eigenvalue weighted by molar-refractivity contribution is 5.98. The molecule has 1 aliphatic carbocycles. The van der Waals surface area contributed by atoms with Gasteiger partial charge < -0.3 is 41.0 Å². The average molecular weight is 567 g/mol. The normalized spacial score (nSPS) is 18.6. The molecule has 41 heavy (non-hydrogen) atoms. The fourth-order valence-corrected chi connectivity index (χ4v) is 4.14. The minimum Gasteiger partial charge on any atom is -0.497 e. The molecule has 6 N–H and O–H groups in total. The Morgan fingerprint density at radius 3 is 2.20 bits per heavy atom. The SMILES string of the molecule is C=CCNC(=O)OC1CC(C(=O)NC(Cc2ccc(OC)cc2)C(N)=O)=CC(NC(=O)c2ccc(OC)cc2)C1O. The fraction of sp³-hybridized carbons (Fsp3) is 0.310. The summed E-state index contributed by atoms with van der Waals surface area (Å²) in [6.07, 6.45) is -0.670. The number of ether oxygens (including phenoxy) is 3. The number of primary amides is 1. The third-order valence-corrected chi connectivity index (χ3v) is 6.39. The van der Waals surface area contributed by atoms with E-state index in [2.05, 4.69) is 22.5 Å². The zero-order valence-corrected chi connectivity index (χ0v) is 22.8. The van der Waals surface area contributed by atoms with Crippen molar-refractivity contribution >= 4 is 23.8 Å². The van der Waals surface area contributed by atoms with E-state index in [-0.39, 0.29) is 30.5 Å². The first-order chi connectivity index (χ1) is 19.6. The first kappa shape index (κ1) is 30.7. The quantitative estimate of drug-likeness (QED) is 0.236. The van der Waals surface area contributed by atoms with Crippen LogP contribution in [0.15, 0.2) is 72.8 Å². The van der Waals surface area contributed by atoms with E-state index in [0.717, 1.165) is 5.56 Å². The van der Waals surface area contributed by atoms with Crippen molar-refractivity contribution in [3.8, 4) is 11.5 Å². The molecule has 4 amide bonds. The summed E-state index contributed by atoms with van der Waals surface area (Å²) >= 11 is 0. The molecule has 2 aromatic carbocycles. The van der Waals surface area contributed by atoms with Gasteiger partial charge >= 0.3 is 6.09 Å². The van der Waals surface area contributed by atoms with Gasteiger partial charge in [-0.25, -0.2) is 4.79 Å². The van der Waals surface area contributed by atoms with Crippen molar-refractivity contribution in [2.75, 3.05) is 20.8 Å². The van der Waals surface area contributed by atoms with Crippen LogP contribution >= 0.6 is 0 Å². The van der Waals surface area contributed by atoms with Crippen LogP contribution in [0.4, 0.5) is 4.79 Å². The molecular weight excluding hydrogens is 532 g/mol. The number of nitrogens with one attached hydrogen (secondary N) is 3. The molecule has 0 aromatic heterocycles. The maximum Gasteiger partial charge on any atom is 0.407 e. The lowest BCUT2D eigenvalue weighted by Gasteiger charge is -2.33. The summed E-state index contributed by atoms with van der Waals surface area (Å²) in [6, 6.07) is 11.0. The van der Waals surface area contributed by atoms with Crippen molar-refractivity contribution in [1.82, 2.24) is 16.0 Å². The molecule has 2 aromatic rings. The first-order valence-electron chi connectivity index (χ1n) is 12.8. The highest BCUT2D eigenvalue weighted by Crippen LogP contribution is 2.24. The number of benzene rings is 2. The van der Waals surface area contributed by atoms with E-state index >= 15 is 0 Å². The Morgan fingerprint density at radius 1 is 1.02 bits per heavy atom. The molecule has 3 rings (SSSR count). The standard InChI is InChI=1S/C29H34N4O8/c1-4-13-31-29(38)41-24-16-19(15-22(25(24)34)32-27(36)18-7-11-21(40-3)12-8-18)28(37)33-23(26(30)35)14-17-5-9-20(39-2)10-6-17/h4-12,15,22-25,34H,1,13-14,16H2,2-3H3,(H2,30,35)(H,31,38)(H,32,36)(H,33,37). The summed E-state index contributed by atoms with van der Waals surface area (Å²) in [4.78, 5) is 50.7. The topological polar surface area (TPSA) is 178 Å². The predicted molar refractivity (Wildman–Crippen MR) is 149 cm³/mol. The smallest absolute Gasteiger partial charge is 0.407 e. The van der Waals surface area contributed by atoms with Gasteiger partial charge in [0.15, 0.2) is 0 Å². The Bertz CT molecular complexity index is 1280. The number of methoxy groups -OCH3 is 2. The Balaban J connectivity index is 1.81. The van der Waals surface area contributed by atoms with Crippen LogP contribution < -0.4 is 31.2 Å². The molecule has 0 heterocycles. The molecule has 1 aliphatic rings. The monoisotopic (exact) mass is 566 g/mol. The summed E-state index contributed by atoms with van der Waals surface area (Å²) in [7, 11) is 3.03. The van der Waals surface area contributed by atoms with E-state index in [1.165, 1.54) is 38.5 Å². The third-order valence-electron chi connectivity index (χ3n) is 6.39. The lowest BCUT2D eigenvalue weighted by atomic mass is 9.89. The lowest BCUT2D eigenvalue weighted by Crippen LogP contribution is -2.53. The van der Waals surface area contributed by atoms with Gasteiger partial charge in [0.25, 0.3) is 5.91 Å². The zero-order valence-electron chi connectivity index (χ0n) is 22.8. The summed E-state index contributed by atoms with van der Waals surface area (Å²) in [5, 5.41) is 18.7. The molecule has 12 nitrogen and oxygen atoms in total. The number of rotatable bonds is 12. The van der Waals surface area contributed by atoms with Gasteiger partial charge in [0, 0.05) is 30.5 Å². The molecule has 0 saturated carbocycles. The number of aliphatic hydroxyl groups is 1. The van der Waals surface area contributed by atoms with Crippen LogP contribution in [0.5, 0.6) is 11.5 Å². The molecule has 0 radical (unpaired) electrons. The summed E-state index contributed by atoms with van der Waals surface area (Å²) in [5.41, 5.74) is 6.66. The van der Waals surface area contributed by atoms with Crippen LogP contribution in [0.3, 0.4) is 0 Å². The van der Waals surface area contributed by atoms with Crippen molar-refractivity contribution in [1.29, 1.82) is 0 Å². The van der Waals surface area contributed by atoms with Gasteiger partial charge in [-0.15, -0.1) is 6.58 Å². The number of aliphatic hydroxyl groups excluding tert-OH is 1. The van der Waals surface area contributed by atoms with Gasteiger partial charge in [-0.2, -0.15) is 0 Å². The van der Waals surface area contributed by atoms with E-state index in [4.69, 9.17) is 19.9 Å². The largest absolute Gasteiger partial charge is 0.497 e. The molecule has 4 unspecified atom stereocenters. The van der Waals surface area contributed by atoms with E-state index < -0.39 is 48.1 Å². The molecule has 0 bridgehead atoms. The second-order valence-electron chi connectivity index (χ2n) is 9.21. The summed E-state index contributed by atoms with van der Waals surface area (Å²) < 4.78 is 15.6. The van der Waals surface area contributed by atoms with Gasteiger partial charge in [0.2, 0.25) is 11.8 Å². The number of amides is 4.